The third kappa shape index (κ3) is 3.87. The summed E-state index contributed by atoms with van der Waals surface area (Å²) in [7, 11) is 0. The topological polar surface area (TPSA) is 43.8 Å². The van der Waals surface area contributed by atoms with Crippen molar-refractivity contribution in [1.29, 1.82) is 0 Å². The average Bonchev–Trinajstić information content (AvgIpc) is 2.78. The van der Waals surface area contributed by atoms with E-state index in [1.54, 1.807) is 11.8 Å². The third-order valence-corrected chi connectivity index (χ3v) is 4.76. The lowest BCUT2D eigenvalue weighted by Crippen LogP contribution is -2.19. The maximum atomic E-state index is 6.35. The van der Waals surface area contributed by atoms with Crippen molar-refractivity contribution in [3.8, 4) is 0 Å². The first-order valence-electron chi connectivity index (χ1n) is 6.78. The first-order valence-corrected chi connectivity index (χ1v) is 8.56. The zero-order chi connectivity index (χ0) is 14.5. The Kier molecular flexibility index (Phi) is 5.69. The molecule has 0 aliphatic carbocycles. The molecular weight excluding hydrogens is 334 g/mol. The number of benzene rings is 1. The summed E-state index contributed by atoms with van der Waals surface area (Å²) in [4.78, 5) is 1.26. The highest BCUT2D eigenvalue weighted by Gasteiger charge is 2.16. The second-order valence-electron chi connectivity index (χ2n) is 4.83. The highest BCUT2D eigenvalue weighted by Crippen LogP contribution is 2.28. The summed E-state index contributed by atoms with van der Waals surface area (Å²) in [5, 5.41) is 4.38. The molecule has 5 heteroatoms. The second kappa shape index (κ2) is 7.29. The molecule has 0 amide bonds. The van der Waals surface area contributed by atoms with Crippen LogP contribution in [0.4, 0.5) is 0 Å². The Bertz CT molecular complexity index is 568. The van der Waals surface area contributed by atoms with E-state index in [4.69, 9.17) is 5.73 Å². The van der Waals surface area contributed by atoms with Gasteiger partial charge in [0.05, 0.1) is 22.4 Å². The molecule has 3 nitrogen and oxygen atoms in total. The highest BCUT2D eigenvalue weighted by atomic mass is 79.9. The molecule has 0 aliphatic heterocycles. The van der Waals surface area contributed by atoms with Crippen LogP contribution in [0.15, 0.2) is 39.8 Å². The van der Waals surface area contributed by atoms with Crippen LogP contribution in [0.25, 0.3) is 0 Å². The molecule has 0 fully saturated rings. The van der Waals surface area contributed by atoms with Gasteiger partial charge in [0.25, 0.3) is 0 Å². The number of rotatable bonds is 6. The molecule has 0 saturated heterocycles. The smallest absolute Gasteiger partial charge is 0.0702 e. The van der Waals surface area contributed by atoms with Crippen molar-refractivity contribution in [3.63, 3.8) is 0 Å². The van der Waals surface area contributed by atoms with Crippen LogP contribution >= 0.6 is 27.7 Å². The number of aromatic nitrogens is 2. The molecule has 0 radical (unpaired) electrons. The number of hydrogen-bond donors (Lipinski definition) is 1. The number of hydrogen-bond acceptors (Lipinski definition) is 3. The summed E-state index contributed by atoms with van der Waals surface area (Å²) in [5.41, 5.74) is 8.71. The van der Waals surface area contributed by atoms with Crippen molar-refractivity contribution in [2.24, 2.45) is 5.73 Å². The van der Waals surface area contributed by atoms with E-state index < -0.39 is 0 Å². The van der Waals surface area contributed by atoms with Crippen molar-refractivity contribution >= 4 is 27.7 Å². The van der Waals surface area contributed by atoms with Gasteiger partial charge in [0.1, 0.15) is 0 Å². The Morgan fingerprint density at radius 3 is 2.95 bits per heavy atom. The molecule has 1 atom stereocenters. The van der Waals surface area contributed by atoms with E-state index in [2.05, 4.69) is 59.1 Å². The fourth-order valence-electron chi connectivity index (χ4n) is 2.10. The van der Waals surface area contributed by atoms with Crippen LogP contribution in [-0.2, 0) is 6.54 Å². The van der Waals surface area contributed by atoms with Crippen LogP contribution in [0.3, 0.4) is 0 Å². The van der Waals surface area contributed by atoms with E-state index in [0.29, 0.717) is 0 Å². The number of nitrogens with two attached hydrogens (primary N) is 1. The van der Waals surface area contributed by atoms with Gasteiger partial charge in [0.2, 0.25) is 0 Å². The van der Waals surface area contributed by atoms with Gasteiger partial charge in [-0.05, 0) is 41.4 Å². The maximum absolute atomic E-state index is 6.35. The van der Waals surface area contributed by atoms with Gasteiger partial charge in [-0.1, -0.05) is 24.6 Å². The molecule has 20 heavy (non-hydrogen) atoms. The Hall–Kier alpha value is -0.780. The van der Waals surface area contributed by atoms with Crippen LogP contribution in [-0.4, -0.2) is 15.5 Å². The molecule has 0 spiro atoms. The molecule has 1 aromatic heterocycles. The van der Waals surface area contributed by atoms with E-state index in [-0.39, 0.29) is 6.04 Å². The van der Waals surface area contributed by atoms with Gasteiger partial charge in [-0.3, -0.25) is 4.68 Å². The SMILES string of the molecule is CCCn1ncc(Br)c1C(N)CSc1cccc(C)c1. The maximum Gasteiger partial charge on any atom is 0.0702 e. The summed E-state index contributed by atoms with van der Waals surface area (Å²) in [6.07, 6.45) is 2.89. The summed E-state index contributed by atoms with van der Waals surface area (Å²) >= 11 is 5.34. The monoisotopic (exact) mass is 353 g/mol. The van der Waals surface area contributed by atoms with Crippen LogP contribution in [0.5, 0.6) is 0 Å². The minimum atomic E-state index is -0.0241. The fraction of sp³-hybridized carbons (Fsp3) is 0.400. The molecule has 2 N–H and O–H groups in total. The first-order chi connectivity index (χ1) is 9.61. The number of thioether (sulfide) groups is 1. The zero-order valence-corrected chi connectivity index (χ0v) is 14.2. The fourth-order valence-corrected chi connectivity index (χ4v) is 3.66. The van der Waals surface area contributed by atoms with Crippen molar-refractivity contribution in [3.05, 3.63) is 46.2 Å². The quantitative estimate of drug-likeness (QED) is 0.793. The van der Waals surface area contributed by atoms with Gasteiger partial charge < -0.3 is 5.73 Å². The van der Waals surface area contributed by atoms with Gasteiger partial charge in [-0.2, -0.15) is 5.10 Å². The van der Waals surface area contributed by atoms with E-state index >= 15 is 0 Å². The lowest BCUT2D eigenvalue weighted by molar-refractivity contribution is 0.553. The number of nitrogens with zero attached hydrogens (tertiary/aromatic N) is 2. The van der Waals surface area contributed by atoms with Crippen LogP contribution < -0.4 is 5.73 Å². The van der Waals surface area contributed by atoms with E-state index in [0.717, 1.165) is 28.9 Å². The van der Waals surface area contributed by atoms with Crippen LogP contribution in [0.2, 0.25) is 0 Å². The second-order valence-corrected chi connectivity index (χ2v) is 6.78. The Labute approximate surface area is 133 Å². The van der Waals surface area contributed by atoms with Crippen LogP contribution in [0, 0.1) is 6.92 Å². The molecule has 108 valence electrons. The van der Waals surface area contributed by atoms with E-state index in [1.165, 1.54) is 10.5 Å². The predicted molar refractivity (Wildman–Crippen MR) is 89.0 cm³/mol. The molecule has 1 unspecified atom stereocenters. The largest absolute Gasteiger partial charge is 0.322 e. The molecule has 1 aromatic carbocycles. The molecule has 2 rings (SSSR count). The molecule has 1 heterocycles. The molecule has 0 aliphatic rings. The summed E-state index contributed by atoms with van der Waals surface area (Å²) in [6, 6.07) is 8.49. The number of halogens is 1. The Morgan fingerprint density at radius 2 is 2.25 bits per heavy atom. The lowest BCUT2D eigenvalue weighted by atomic mass is 10.2. The van der Waals surface area contributed by atoms with Crippen molar-refractivity contribution in [1.82, 2.24) is 9.78 Å². The van der Waals surface area contributed by atoms with Crippen molar-refractivity contribution < 1.29 is 0 Å². The van der Waals surface area contributed by atoms with Crippen LogP contribution in [0.1, 0.15) is 30.6 Å². The van der Waals surface area contributed by atoms with Crippen molar-refractivity contribution in [2.75, 3.05) is 5.75 Å². The van der Waals surface area contributed by atoms with Gasteiger partial charge in [-0.15, -0.1) is 11.8 Å². The Morgan fingerprint density at radius 1 is 1.45 bits per heavy atom. The summed E-state index contributed by atoms with van der Waals surface area (Å²) in [5.74, 6) is 0.845. The molecular formula is C15H20BrN3S. The molecule has 0 bridgehead atoms. The normalized spacial score (nSPS) is 12.6. The number of aryl methyl sites for hydroxylation is 2. The zero-order valence-electron chi connectivity index (χ0n) is 11.8. The minimum Gasteiger partial charge on any atom is -0.322 e. The van der Waals surface area contributed by atoms with E-state index in [9.17, 15) is 0 Å². The highest BCUT2D eigenvalue weighted by molar-refractivity contribution is 9.10. The first kappa shape index (κ1) is 15.6. The van der Waals surface area contributed by atoms with Gasteiger partial charge in [0, 0.05) is 17.2 Å². The van der Waals surface area contributed by atoms with E-state index in [1.807, 2.05) is 10.9 Å². The van der Waals surface area contributed by atoms with Gasteiger partial charge in [0.15, 0.2) is 0 Å². The van der Waals surface area contributed by atoms with Gasteiger partial charge >= 0.3 is 0 Å². The molecule has 0 saturated carbocycles. The Balaban J connectivity index is 2.05. The predicted octanol–water partition coefficient (Wildman–Crippen LogP) is 4.16. The van der Waals surface area contributed by atoms with Gasteiger partial charge in [-0.25, -0.2) is 0 Å². The standard InChI is InChI=1S/C15H20BrN3S/c1-3-7-19-15(13(16)9-18-19)14(17)10-20-12-6-4-5-11(2)8-12/h4-6,8-9,14H,3,7,10,17H2,1-2H3. The summed E-state index contributed by atoms with van der Waals surface area (Å²) in [6.45, 7) is 5.16. The minimum absolute atomic E-state index is 0.0241. The summed E-state index contributed by atoms with van der Waals surface area (Å²) < 4.78 is 3.01. The van der Waals surface area contributed by atoms with Crippen molar-refractivity contribution in [2.45, 2.75) is 37.8 Å². The third-order valence-electron chi connectivity index (χ3n) is 3.04. The average molecular weight is 354 g/mol. The lowest BCUT2D eigenvalue weighted by Gasteiger charge is -2.14. The molecule has 2 aromatic rings.